The van der Waals surface area contributed by atoms with Crippen molar-refractivity contribution in [2.45, 2.75) is 38.6 Å². The first-order chi connectivity index (χ1) is 10.1. The molecule has 2 unspecified atom stereocenters. The summed E-state index contributed by atoms with van der Waals surface area (Å²) >= 11 is 0. The molecule has 118 valence electrons. The minimum Gasteiger partial charge on any atom is -0.493 e. The van der Waals surface area contributed by atoms with E-state index >= 15 is 0 Å². The number of benzene rings is 1. The molecule has 1 aromatic rings. The summed E-state index contributed by atoms with van der Waals surface area (Å²) in [5, 5.41) is 3.63. The molecule has 0 saturated carbocycles. The number of rotatable bonds is 6. The van der Waals surface area contributed by atoms with E-state index in [0.717, 1.165) is 24.5 Å². The molecule has 4 nitrogen and oxygen atoms in total. The second-order valence-electron chi connectivity index (χ2n) is 6.04. The molecule has 21 heavy (non-hydrogen) atoms. The number of nitrogens with one attached hydrogen (secondary N) is 1. The quantitative estimate of drug-likeness (QED) is 0.874. The molecule has 1 saturated heterocycles. The van der Waals surface area contributed by atoms with Gasteiger partial charge in [-0.1, -0.05) is 13.8 Å². The highest BCUT2D eigenvalue weighted by atomic mass is 16.5. The Kier molecular flexibility index (Phi) is 5.34. The van der Waals surface area contributed by atoms with Crippen LogP contribution in [-0.4, -0.2) is 33.9 Å². The fourth-order valence-electron chi connectivity index (χ4n) is 3.24. The number of methoxy groups -OCH3 is 3. The van der Waals surface area contributed by atoms with Crippen LogP contribution < -0.4 is 19.5 Å². The summed E-state index contributed by atoms with van der Waals surface area (Å²) in [7, 11) is 4.97. The van der Waals surface area contributed by atoms with Gasteiger partial charge in [0.25, 0.3) is 0 Å². The van der Waals surface area contributed by atoms with Crippen molar-refractivity contribution in [2.75, 3.05) is 27.9 Å². The Morgan fingerprint density at radius 1 is 1.10 bits per heavy atom. The molecule has 1 aliphatic rings. The van der Waals surface area contributed by atoms with Crippen molar-refractivity contribution in [3.8, 4) is 17.2 Å². The second kappa shape index (κ2) is 7.03. The van der Waals surface area contributed by atoms with Crippen LogP contribution in [0.15, 0.2) is 12.1 Å². The molecule has 0 radical (unpaired) electrons. The summed E-state index contributed by atoms with van der Waals surface area (Å²) in [5.41, 5.74) is 1.26. The molecule has 0 bridgehead atoms. The second-order valence-corrected chi connectivity index (χ2v) is 6.04. The maximum absolute atomic E-state index is 5.47. The van der Waals surface area contributed by atoms with Crippen LogP contribution in [0.2, 0.25) is 0 Å². The molecule has 1 aliphatic heterocycles. The Bertz CT molecular complexity index is 448. The van der Waals surface area contributed by atoms with E-state index in [0.29, 0.717) is 23.6 Å². The predicted octanol–water partition coefficient (Wildman–Crippen LogP) is 3.20. The Morgan fingerprint density at radius 2 is 1.71 bits per heavy atom. The van der Waals surface area contributed by atoms with Gasteiger partial charge >= 0.3 is 0 Å². The summed E-state index contributed by atoms with van der Waals surface area (Å²) in [6, 6.07) is 4.70. The van der Waals surface area contributed by atoms with Crippen molar-refractivity contribution >= 4 is 0 Å². The molecule has 2 atom stereocenters. The summed E-state index contributed by atoms with van der Waals surface area (Å²) in [4.78, 5) is 0. The van der Waals surface area contributed by atoms with E-state index in [1.807, 2.05) is 0 Å². The summed E-state index contributed by atoms with van der Waals surface area (Å²) in [6.45, 7) is 5.61. The van der Waals surface area contributed by atoms with Crippen LogP contribution in [0.4, 0.5) is 0 Å². The zero-order valence-electron chi connectivity index (χ0n) is 13.7. The molecule has 1 aromatic carbocycles. The van der Waals surface area contributed by atoms with E-state index in [4.69, 9.17) is 14.2 Å². The molecule has 1 fully saturated rings. The lowest BCUT2D eigenvalue weighted by Gasteiger charge is -2.23. The molecule has 1 N–H and O–H groups in total. The van der Waals surface area contributed by atoms with Gasteiger partial charge < -0.3 is 19.5 Å². The fraction of sp³-hybridized carbons (Fsp3) is 0.647. The fourth-order valence-corrected chi connectivity index (χ4v) is 3.24. The van der Waals surface area contributed by atoms with Gasteiger partial charge in [0.15, 0.2) is 11.5 Å². The molecule has 0 amide bonds. The SMILES string of the molecule is COc1cc(C2CCNC2CC(C)C)cc(OC)c1OC. The summed E-state index contributed by atoms with van der Waals surface area (Å²) < 4.78 is 16.3. The van der Waals surface area contributed by atoms with Gasteiger partial charge in [0.05, 0.1) is 21.3 Å². The Morgan fingerprint density at radius 3 is 2.19 bits per heavy atom. The van der Waals surface area contributed by atoms with Crippen molar-refractivity contribution in [1.82, 2.24) is 5.32 Å². The highest BCUT2D eigenvalue weighted by Gasteiger charge is 2.30. The van der Waals surface area contributed by atoms with Crippen molar-refractivity contribution in [3.05, 3.63) is 17.7 Å². The smallest absolute Gasteiger partial charge is 0.203 e. The number of hydrogen-bond donors (Lipinski definition) is 1. The normalized spacial score (nSPS) is 21.6. The van der Waals surface area contributed by atoms with Gasteiger partial charge in [0, 0.05) is 12.0 Å². The van der Waals surface area contributed by atoms with Gasteiger partial charge in [-0.3, -0.25) is 0 Å². The molecule has 0 aliphatic carbocycles. The first-order valence-electron chi connectivity index (χ1n) is 7.64. The van der Waals surface area contributed by atoms with Crippen molar-refractivity contribution in [1.29, 1.82) is 0 Å². The molecule has 1 heterocycles. The van der Waals surface area contributed by atoms with Gasteiger partial charge in [0.1, 0.15) is 0 Å². The topological polar surface area (TPSA) is 39.7 Å². The van der Waals surface area contributed by atoms with Gasteiger partial charge in [-0.2, -0.15) is 0 Å². The lowest BCUT2D eigenvalue weighted by Crippen LogP contribution is -2.27. The standard InChI is InChI=1S/C17H27NO3/c1-11(2)8-14-13(6-7-18-14)12-9-15(19-3)17(21-5)16(10-12)20-4/h9-11,13-14,18H,6-8H2,1-5H3. The molecule has 0 spiro atoms. The third kappa shape index (κ3) is 3.43. The lowest BCUT2D eigenvalue weighted by molar-refractivity contribution is 0.322. The zero-order valence-corrected chi connectivity index (χ0v) is 13.7. The average Bonchev–Trinajstić information content (AvgIpc) is 2.92. The molecule has 0 aromatic heterocycles. The van der Waals surface area contributed by atoms with Crippen LogP contribution >= 0.6 is 0 Å². The number of hydrogen-bond acceptors (Lipinski definition) is 4. The van der Waals surface area contributed by atoms with Crippen LogP contribution in [0.1, 0.15) is 38.2 Å². The summed E-state index contributed by atoms with van der Waals surface area (Å²) in [6.07, 6.45) is 2.33. The van der Waals surface area contributed by atoms with E-state index in [2.05, 4.69) is 31.3 Å². The first kappa shape index (κ1) is 16.0. The van der Waals surface area contributed by atoms with Crippen molar-refractivity contribution in [2.24, 2.45) is 5.92 Å². The molecule has 2 rings (SSSR count). The van der Waals surface area contributed by atoms with E-state index in [1.54, 1.807) is 21.3 Å². The minimum atomic E-state index is 0.501. The third-order valence-corrected chi connectivity index (χ3v) is 4.19. The van der Waals surface area contributed by atoms with Gasteiger partial charge in [-0.25, -0.2) is 0 Å². The van der Waals surface area contributed by atoms with Crippen LogP contribution in [0.5, 0.6) is 17.2 Å². The highest BCUT2D eigenvalue weighted by Crippen LogP contribution is 2.42. The molecular formula is C17H27NO3. The van der Waals surface area contributed by atoms with Crippen LogP contribution in [0, 0.1) is 5.92 Å². The Balaban J connectivity index is 2.34. The minimum absolute atomic E-state index is 0.501. The Labute approximate surface area is 127 Å². The zero-order chi connectivity index (χ0) is 15.4. The Hall–Kier alpha value is -1.42. The van der Waals surface area contributed by atoms with Crippen molar-refractivity contribution in [3.63, 3.8) is 0 Å². The molecule has 4 heteroatoms. The maximum atomic E-state index is 5.47. The van der Waals surface area contributed by atoms with E-state index in [9.17, 15) is 0 Å². The van der Waals surface area contributed by atoms with E-state index in [1.165, 1.54) is 12.0 Å². The van der Waals surface area contributed by atoms with Crippen molar-refractivity contribution < 1.29 is 14.2 Å². The third-order valence-electron chi connectivity index (χ3n) is 4.19. The van der Waals surface area contributed by atoms with E-state index in [-0.39, 0.29) is 0 Å². The average molecular weight is 293 g/mol. The van der Waals surface area contributed by atoms with Crippen LogP contribution in [0.3, 0.4) is 0 Å². The lowest BCUT2D eigenvalue weighted by atomic mass is 9.87. The van der Waals surface area contributed by atoms with Gasteiger partial charge in [-0.15, -0.1) is 0 Å². The van der Waals surface area contributed by atoms with E-state index < -0.39 is 0 Å². The monoisotopic (exact) mass is 293 g/mol. The van der Waals surface area contributed by atoms with Crippen LogP contribution in [-0.2, 0) is 0 Å². The molecular weight excluding hydrogens is 266 g/mol. The predicted molar refractivity (Wildman–Crippen MR) is 84.7 cm³/mol. The van der Waals surface area contributed by atoms with Gasteiger partial charge in [-0.05, 0) is 43.0 Å². The maximum Gasteiger partial charge on any atom is 0.203 e. The van der Waals surface area contributed by atoms with Crippen LogP contribution in [0.25, 0.3) is 0 Å². The largest absolute Gasteiger partial charge is 0.493 e. The highest BCUT2D eigenvalue weighted by molar-refractivity contribution is 5.54. The van der Waals surface area contributed by atoms with Gasteiger partial charge in [0.2, 0.25) is 5.75 Å². The first-order valence-corrected chi connectivity index (χ1v) is 7.64. The number of ether oxygens (including phenoxy) is 3. The summed E-state index contributed by atoms with van der Waals surface area (Å²) in [5.74, 6) is 3.32.